The molecular formula is C17H26N2O4. The lowest BCUT2D eigenvalue weighted by atomic mass is 10.0. The van der Waals surface area contributed by atoms with Crippen molar-refractivity contribution in [1.29, 1.82) is 0 Å². The molecule has 1 aliphatic heterocycles. The first-order chi connectivity index (χ1) is 10.7. The van der Waals surface area contributed by atoms with Crippen LogP contribution >= 0.6 is 0 Å². The van der Waals surface area contributed by atoms with E-state index in [0.717, 1.165) is 6.42 Å². The molecule has 2 atom stereocenters. The predicted octanol–water partition coefficient (Wildman–Crippen LogP) is 1.56. The Balaban J connectivity index is 1.97. The molecule has 1 saturated heterocycles. The van der Waals surface area contributed by atoms with Crippen LogP contribution in [0.4, 0.5) is 0 Å². The van der Waals surface area contributed by atoms with Crippen LogP contribution in [0.25, 0.3) is 0 Å². The molecule has 2 amide bonds. The Hall–Kier alpha value is -1.82. The van der Waals surface area contributed by atoms with E-state index in [2.05, 4.69) is 5.32 Å². The Bertz CT molecular complexity index is 577. The molecule has 6 heteroatoms. The van der Waals surface area contributed by atoms with E-state index in [0.29, 0.717) is 24.5 Å². The van der Waals surface area contributed by atoms with Crippen molar-refractivity contribution in [3.05, 3.63) is 23.7 Å². The lowest BCUT2D eigenvalue weighted by Gasteiger charge is -2.27. The molecule has 0 bridgehead atoms. The number of likely N-dealkylation sites (tertiary alicyclic amines) is 1. The fraction of sp³-hybridized carbons (Fsp3) is 0.647. The van der Waals surface area contributed by atoms with Gasteiger partial charge in [0.05, 0.1) is 6.54 Å². The molecule has 6 nitrogen and oxygen atoms in total. The largest absolute Gasteiger partial charge is 0.463 e. The quantitative estimate of drug-likeness (QED) is 0.862. The molecule has 128 valence electrons. The zero-order chi connectivity index (χ0) is 17.2. The molecule has 2 unspecified atom stereocenters. The number of hydrogen-bond acceptors (Lipinski definition) is 4. The minimum absolute atomic E-state index is 0.00364. The van der Waals surface area contributed by atoms with Crippen molar-refractivity contribution < 1.29 is 19.1 Å². The van der Waals surface area contributed by atoms with E-state index >= 15 is 0 Å². The first-order valence-corrected chi connectivity index (χ1v) is 8.10. The van der Waals surface area contributed by atoms with Gasteiger partial charge in [-0.2, -0.15) is 0 Å². The zero-order valence-electron chi connectivity index (χ0n) is 14.3. The van der Waals surface area contributed by atoms with Crippen molar-refractivity contribution in [2.24, 2.45) is 5.92 Å². The summed E-state index contributed by atoms with van der Waals surface area (Å²) in [5.74, 6) is 0.765. The third kappa shape index (κ3) is 3.93. The van der Waals surface area contributed by atoms with E-state index in [9.17, 15) is 14.7 Å². The van der Waals surface area contributed by atoms with Crippen molar-refractivity contribution in [2.75, 3.05) is 13.1 Å². The fourth-order valence-corrected chi connectivity index (χ4v) is 2.82. The lowest BCUT2D eigenvalue weighted by molar-refractivity contribution is -0.141. The lowest BCUT2D eigenvalue weighted by Crippen LogP contribution is -2.49. The van der Waals surface area contributed by atoms with Gasteiger partial charge < -0.3 is 19.7 Å². The van der Waals surface area contributed by atoms with E-state index in [1.54, 1.807) is 30.9 Å². The molecule has 1 fully saturated rings. The monoisotopic (exact) mass is 322 g/mol. The highest BCUT2D eigenvalue weighted by Gasteiger charge is 2.36. The Morgan fingerprint density at radius 1 is 1.48 bits per heavy atom. The first-order valence-electron chi connectivity index (χ1n) is 8.10. The number of nitrogens with one attached hydrogen (secondary N) is 1. The molecule has 23 heavy (non-hydrogen) atoms. The number of carbonyl (C=O) groups is 2. The summed E-state index contributed by atoms with van der Waals surface area (Å²) < 4.78 is 5.43. The average Bonchev–Trinajstić information content (AvgIpc) is 3.12. The maximum Gasteiger partial charge on any atom is 0.242 e. The second-order valence-corrected chi connectivity index (χ2v) is 6.75. The summed E-state index contributed by atoms with van der Waals surface area (Å²) in [5.41, 5.74) is -1.28. The highest BCUT2D eigenvalue weighted by molar-refractivity contribution is 5.88. The van der Waals surface area contributed by atoms with Gasteiger partial charge in [0.1, 0.15) is 23.2 Å². The molecule has 0 aromatic carbocycles. The molecule has 1 aliphatic rings. The highest BCUT2D eigenvalue weighted by Crippen LogP contribution is 2.23. The van der Waals surface area contributed by atoms with Crippen molar-refractivity contribution in [2.45, 2.75) is 52.2 Å². The zero-order valence-corrected chi connectivity index (χ0v) is 14.3. The standard InChI is InChI=1S/C17H26N2O4/c1-11(2)16(21)19-9-5-6-13(19)15(20)18-10-17(4,22)14-8-7-12(3)23-14/h7-8,11,13,22H,5-6,9-10H2,1-4H3,(H,18,20). The Morgan fingerprint density at radius 2 is 2.17 bits per heavy atom. The second kappa shape index (κ2) is 6.74. The molecule has 2 heterocycles. The van der Waals surface area contributed by atoms with Crippen LogP contribution in [-0.4, -0.2) is 41.0 Å². The SMILES string of the molecule is Cc1ccc(C(C)(O)CNC(=O)C2CCCN2C(=O)C(C)C)o1. The van der Waals surface area contributed by atoms with E-state index in [-0.39, 0.29) is 24.3 Å². The Kier molecular flexibility index (Phi) is 5.14. The molecular weight excluding hydrogens is 296 g/mol. The number of aliphatic hydroxyl groups is 1. The topological polar surface area (TPSA) is 82.8 Å². The number of furan rings is 1. The van der Waals surface area contributed by atoms with Crippen LogP contribution in [0, 0.1) is 12.8 Å². The minimum atomic E-state index is -1.28. The van der Waals surface area contributed by atoms with E-state index < -0.39 is 11.6 Å². The van der Waals surface area contributed by atoms with Crippen LogP contribution in [0.1, 0.15) is 45.1 Å². The number of aryl methyl sites for hydroxylation is 1. The molecule has 1 aromatic heterocycles. The van der Waals surface area contributed by atoms with Gasteiger partial charge in [0.15, 0.2) is 0 Å². The van der Waals surface area contributed by atoms with Crippen LogP contribution in [0.2, 0.25) is 0 Å². The molecule has 0 aliphatic carbocycles. The van der Waals surface area contributed by atoms with E-state index in [1.807, 2.05) is 13.8 Å². The average molecular weight is 322 g/mol. The van der Waals surface area contributed by atoms with Crippen LogP contribution in [-0.2, 0) is 15.2 Å². The summed E-state index contributed by atoms with van der Waals surface area (Å²) in [6, 6.07) is 3.02. The summed E-state index contributed by atoms with van der Waals surface area (Å²) in [4.78, 5) is 26.2. The fourth-order valence-electron chi connectivity index (χ4n) is 2.82. The maximum atomic E-state index is 12.4. The molecule has 2 rings (SSSR count). The summed E-state index contributed by atoms with van der Waals surface area (Å²) in [6.45, 7) is 7.71. The summed E-state index contributed by atoms with van der Waals surface area (Å²) >= 11 is 0. The van der Waals surface area contributed by atoms with Gasteiger partial charge in [0.25, 0.3) is 0 Å². The van der Waals surface area contributed by atoms with Gasteiger partial charge in [-0.3, -0.25) is 9.59 Å². The van der Waals surface area contributed by atoms with E-state index in [4.69, 9.17) is 4.42 Å². The highest BCUT2D eigenvalue weighted by atomic mass is 16.4. The van der Waals surface area contributed by atoms with Crippen LogP contribution in [0.5, 0.6) is 0 Å². The first kappa shape index (κ1) is 17.5. The normalized spacial score (nSPS) is 20.6. The van der Waals surface area contributed by atoms with Crippen molar-refractivity contribution >= 4 is 11.8 Å². The molecule has 0 radical (unpaired) electrons. The Labute approximate surface area is 136 Å². The van der Waals surface area contributed by atoms with Gasteiger partial charge in [-0.15, -0.1) is 0 Å². The second-order valence-electron chi connectivity index (χ2n) is 6.75. The van der Waals surface area contributed by atoms with Crippen LogP contribution in [0.15, 0.2) is 16.5 Å². The minimum Gasteiger partial charge on any atom is -0.463 e. The maximum absolute atomic E-state index is 12.4. The number of hydrogen-bond donors (Lipinski definition) is 2. The van der Waals surface area contributed by atoms with Crippen molar-refractivity contribution in [3.63, 3.8) is 0 Å². The van der Waals surface area contributed by atoms with E-state index in [1.165, 1.54) is 0 Å². The summed E-state index contributed by atoms with van der Waals surface area (Å²) in [6.07, 6.45) is 1.48. The van der Waals surface area contributed by atoms with Gasteiger partial charge in [-0.25, -0.2) is 0 Å². The van der Waals surface area contributed by atoms with Gasteiger partial charge in [-0.1, -0.05) is 13.8 Å². The number of rotatable bonds is 5. The smallest absolute Gasteiger partial charge is 0.242 e. The molecule has 2 N–H and O–H groups in total. The third-order valence-electron chi connectivity index (χ3n) is 4.21. The number of nitrogens with zero attached hydrogens (tertiary/aromatic N) is 1. The van der Waals surface area contributed by atoms with Gasteiger partial charge in [0.2, 0.25) is 11.8 Å². The van der Waals surface area contributed by atoms with Crippen LogP contribution < -0.4 is 5.32 Å². The van der Waals surface area contributed by atoms with Gasteiger partial charge in [0, 0.05) is 12.5 Å². The predicted molar refractivity (Wildman–Crippen MR) is 85.6 cm³/mol. The van der Waals surface area contributed by atoms with Crippen molar-refractivity contribution in [1.82, 2.24) is 10.2 Å². The Morgan fingerprint density at radius 3 is 2.74 bits per heavy atom. The molecule has 0 saturated carbocycles. The van der Waals surface area contributed by atoms with Crippen LogP contribution in [0.3, 0.4) is 0 Å². The third-order valence-corrected chi connectivity index (χ3v) is 4.21. The van der Waals surface area contributed by atoms with Crippen molar-refractivity contribution in [3.8, 4) is 0 Å². The van der Waals surface area contributed by atoms with Gasteiger partial charge >= 0.3 is 0 Å². The number of carbonyl (C=O) groups excluding carboxylic acids is 2. The number of amides is 2. The summed E-state index contributed by atoms with van der Waals surface area (Å²) in [7, 11) is 0. The van der Waals surface area contributed by atoms with Gasteiger partial charge in [-0.05, 0) is 38.8 Å². The molecule has 1 aromatic rings. The summed E-state index contributed by atoms with van der Waals surface area (Å²) in [5, 5.41) is 13.2. The molecule has 0 spiro atoms.